The zero-order valence-corrected chi connectivity index (χ0v) is 9.80. The third-order valence-corrected chi connectivity index (χ3v) is 3.30. The van der Waals surface area contributed by atoms with Crippen LogP contribution < -0.4 is 0 Å². The molecular weight excluding hydrogens is 202 g/mol. The van der Waals surface area contributed by atoms with Crippen LogP contribution in [0.5, 0.6) is 5.75 Å². The number of aliphatic hydroxyl groups excluding tert-OH is 1. The molecule has 0 aromatic heterocycles. The predicted octanol–water partition coefficient (Wildman–Crippen LogP) is 1.91. The van der Waals surface area contributed by atoms with Crippen molar-refractivity contribution in [3.63, 3.8) is 0 Å². The molecule has 2 atom stereocenters. The SMILES string of the molecule is CC(C)N1CCC(O)C1c1ccc(O)cc1. The van der Waals surface area contributed by atoms with Crippen molar-refractivity contribution < 1.29 is 10.2 Å². The number of benzene rings is 1. The molecule has 0 saturated carbocycles. The fraction of sp³-hybridized carbons (Fsp3) is 0.538. The van der Waals surface area contributed by atoms with Gasteiger partial charge in [0.2, 0.25) is 0 Å². The highest BCUT2D eigenvalue weighted by molar-refractivity contribution is 5.29. The second kappa shape index (κ2) is 4.44. The molecule has 3 nitrogen and oxygen atoms in total. The highest BCUT2D eigenvalue weighted by Gasteiger charge is 2.35. The van der Waals surface area contributed by atoms with Crippen LogP contribution in [0.15, 0.2) is 24.3 Å². The van der Waals surface area contributed by atoms with Gasteiger partial charge in [0.15, 0.2) is 0 Å². The van der Waals surface area contributed by atoms with E-state index in [1.54, 1.807) is 12.1 Å². The second-order valence-corrected chi connectivity index (χ2v) is 4.72. The minimum absolute atomic E-state index is 0.0700. The van der Waals surface area contributed by atoms with Crippen molar-refractivity contribution in [3.05, 3.63) is 29.8 Å². The Hall–Kier alpha value is -1.06. The average Bonchev–Trinajstić information content (AvgIpc) is 2.62. The summed E-state index contributed by atoms with van der Waals surface area (Å²) in [6, 6.07) is 7.64. The van der Waals surface area contributed by atoms with E-state index in [0.717, 1.165) is 18.5 Å². The van der Waals surface area contributed by atoms with Gasteiger partial charge >= 0.3 is 0 Å². The summed E-state index contributed by atoms with van der Waals surface area (Å²) < 4.78 is 0. The molecular formula is C13H19NO2. The number of nitrogens with zero attached hydrogens (tertiary/aromatic N) is 1. The first-order valence-corrected chi connectivity index (χ1v) is 5.82. The Morgan fingerprint density at radius 3 is 2.44 bits per heavy atom. The third kappa shape index (κ3) is 2.06. The van der Waals surface area contributed by atoms with Crippen LogP contribution in [0.2, 0.25) is 0 Å². The van der Waals surface area contributed by atoms with E-state index < -0.39 is 0 Å². The van der Waals surface area contributed by atoms with Gasteiger partial charge < -0.3 is 10.2 Å². The molecule has 0 spiro atoms. The normalized spacial score (nSPS) is 26.5. The Labute approximate surface area is 96.3 Å². The van der Waals surface area contributed by atoms with Crippen molar-refractivity contribution in [2.75, 3.05) is 6.54 Å². The Bertz CT molecular complexity index is 347. The number of hydrogen-bond acceptors (Lipinski definition) is 3. The minimum atomic E-state index is -0.299. The molecule has 16 heavy (non-hydrogen) atoms. The van der Waals surface area contributed by atoms with Gasteiger partial charge in [0, 0.05) is 12.6 Å². The molecule has 2 N–H and O–H groups in total. The van der Waals surface area contributed by atoms with E-state index in [2.05, 4.69) is 18.7 Å². The van der Waals surface area contributed by atoms with Gasteiger partial charge in [0.05, 0.1) is 12.1 Å². The molecule has 2 rings (SSSR count). The van der Waals surface area contributed by atoms with Gasteiger partial charge in [-0.2, -0.15) is 0 Å². The van der Waals surface area contributed by atoms with Crippen LogP contribution in [0.1, 0.15) is 31.9 Å². The number of phenolic OH excluding ortho intramolecular Hbond substituents is 1. The van der Waals surface area contributed by atoms with E-state index in [9.17, 15) is 10.2 Å². The lowest BCUT2D eigenvalue weighted by Gasteiger charge is -2.29. The molecule has 1 aliphatic rings. The number of rotatable bonds is 2. The van der Waals surface area contributed by atoms with Crippen molar-refractivity contribution in [3.8, 4) is 5.75 Å². The number of phenols is 1. The van der Waals surface area contributed by atoms with Crippen molar-refractivity contribution in [2.45, 2.75) is 38.5 Å². The van der Waals surface area contributed by atoms with Crippen LogP contribution in [-0.2, 0) is 0 Å². The minimum Gasteiger partial charge on any atom is -0.508 e. The highest BCUT2D eigenvalue weighted by Crippen LogP contribution is 2.34. The average molecular weight is 221 g/mol. The van der Waals surface area contributed by atoms with Gasteiger partial charge in [-0.3, -0.25) is 4.90 Å². The quantitative estimate of drug-likeness (QED) is 0.801. The second-order valence-electron chi connectivity index (χ2n) is 4.72. The summed E-state index contributed by atoms with van der Waals surface area (Å²) in [7, 11) is 0. The molecule has 1 saturated heterocycles. The molecule has 1 aromatic rings. The maximum absolute atomic E-state index is 10.0. The molecule has 1 aromatic carbocycles. The van der Waals surface area contributed by atoms with Gasteiger partial charge in [-0.05, 0) is 38.0 Å². The van der Waals surface area contributed by atoms with Crippen LogP contribution in [0.3, 0.4) is 0 Å². The van der Waals surface area contributed by atoms with Crippen molar-refractivity contribution in [1.82, 2.24) is 4.90 Å². The highest BCUT2D eigenvalue weighted by atomic mass is 16.3. The zero-order valence-electron chi connectivity index (χ0n) is 9.80. The molecule has 1 fully saturated rings. The van der Waals surface area contributed by atoms with Gasteiger partial charge in [-0.1, -0.05) is 12.1 Å². The van der Waals surface area contributed by atoms with Crippen LogP contribution in [0, 0.1) is 0 Å². The van der Waals surface area contributed by atoms with Gasteiger partial charge in [-0.25, -0.2) is 0 Å². The summed E-state index contributed by atoms with van der Waals surface area (Å²) in [5.41, 5.74) is 1.08. The third-order valence-electron chi connectivity index (χ3n) is 3.30. The Morgan fingerprint density at radius 1 is 1.25 bits per heavy atom. The van der Waals surface area contributed by atoms with E-state index in [1.807, 2.05) is 12.1 Å². The van der Waals surface area contributed by atoms with Crippen LogP contribution >= 0.6 is 0 Å². The van der Waals surface area contributed by atoms with E-state index in [0.29, 0.717) is 6.04 Å². The largest absolute Gasteiger partial charge is 0.508 e. The monoisotopic (exact) mass is 221 g/mol. The summed E-state index contributed by atoms with van der Waals surface area (Å²) >= 11 is 0. The number of likely N-dealkylation sites (tertiary alicyclic amines) is 1. The lowest BCUT2D eigenvalue weighted by Crippen LogP contribution is -2.33. The number of hydrogen-bond donors (Lipinski definition) is 2. The summed E-state index contributed by atoms with van der Waals surface area (Å²) in [6.45, 7) is 5.22. The number of aliphatic hydroxyl groups is 1. The Balaban J connectivity index is 2.26. The zero-order chi connectivity index (χ0) is 11.7. The molecule has 88 valence electrons. The lowest BCUT2D eigenvalue weighted by molar-refractivity contribution is 0.101. The van der Waals surface area contributed by atoms with E-state index in [-0.39, 0.29) is 17.9 Å². The van der Waals surface area contributed by atoms with Crippen molar-refractivity contribution in [1.29, 1.82) is 0 Å². The van der Waals surface area contributed by atoms with Crippen LogP contribution in [0.4, 0.5) is 0 Å². The molecule has 0 aliphatic carbocycles. The molecule has 0 radical (unpaired) electrons. The standard InChI is InChI=1S/C13H19NO2/c1-9(2)14-8-7-12(16)13(14)10-3-5-11(15)6-4-10/h3-6,9,12-13,15-16H,7-8H2,1-2H3. The van der Waals surface area contributed by atoms with E-state index in [1.165, 1.54) is 0 Å². The van der Waals surface area contributed by atoms with Crippen molar-refractivity contribution >= 4 is 0 Å². The first-order chi connectivity index (χ1) is 7.59. The molecule has 2 unspecified atom stereocenters. The molecule has 0 bridgehead atoms. The smallest absolute Gasteiger partial charge is 0.115 e. The maximum atomic E-state index is 10.0. The maximum Gasteiger partial charge on any atom is 0.115 e. The van der Waals surface area contributed by atoms with Gasteiger partial charge in [-0.15, -0.1) is 0 Å². The van der Waals surface area contributed by atoms with E-state index >= 15 is 0 Å². The molecule has 3 heteroatoms. The first-order valence-electron chi connectivity index (χ1n) is 5.82. The lowest BCUT2D eigenvalue weighted by atomic mass is 10.0. The number of aromatic hydroxyl groups is 1. The Kier molecular flexibility index (Phi) is 3.17. The fourth-order valence-corrected chi connectivity index (χ4v) is 2.46. The van der Waals surface area contributed by atoms with Crippen molar-refractivity contribution in [2.24, 2.45) is 0 Å². The summed E-state index contributed by atoms with van der Waals surface area (Å²) in [5, 5.41) is 19.3. The summed E-state index contributed by atoms with van der Waals surface area (Å²) in [5.74, 6) is 0.271. The first kappa shape index (κ1) is 11.4. The molecule has 0 amide bonds. The van der Waals surface area contributed by atoms with E-state index in [4.69, 9.17) is 0 Å². The van der Waals surface area contributed by atoms with Crippen LogP contribution in [-0.4, -0.2) is 33.8 Å². The fourth-order valence-electron chi connectivity index (χ4n) is 2.46. The van der Waals surface area contributed by atoms with Crippen LogP contribution in [0.25, 0.3) is 0 Å². The molecule has 1 aliphatic heterocycles. The van der Waals surface area contributed by atoms with Gasteiger partial charge in [0.1, 0.15) is 5.75 Å². The molecule has 1 heterocycles. The predicted molar refractivity (Wildman–Crippen MR) is 63.3 cm³/mol. The summed E-state index contributed by atoms with van der Waals surface area (Å²) in [4.78, 5) is 2.30. The summed E-state index contributed by atoms with van der Waals surface area (Å²) in [6.07, 6.45) is 0.524. The van der Waals surface area contributed by atoms with Gasteiger partial charge in [0.25, 0.3) is 0 Å². The Morgan fingerprint density at radius 2 is 1.88 bits per heavy atom. The topological polar surface area (TPSA) is 43.7 Å².